The smallest absolute Gasteiger partial charge is 0.320 e. The van der Waals surface area contributed by atoms with Gasteiger partial charge >= 0.3 is 6.03 Å². The zero-order chi connectivity index (χ0) is 41.0. The Balaban J connectivity index is 0.00000166. The van der Waals surface area contributed by atoms with Crippen molar-refractivity contribution in [1.82, 2.24) is 39.5 Å². The Morgan fingerprint density at radius 1 is 0.966 bits per heavy atom. The summed E-state index contributed by atoms with van der Waals surface area (Å²) in [4.78, 5) is 29.3. The van der Waals surface area contributed by atoms with E-state index in [-0.39, 0.29) is 30.1 Å². The van der Waals surface area contributed by atoms with Gasteiger partial charge in [-0.3, -0.25) is 19.4 Å². The molecule has 0 saturated carbocycles. The predicted molar refractivity (Wildman–Crippen MR) is 226 cm³/mol. The van der Waals surface area contributed by atoms with Crippen LogP contribution < -0.4 is 20.3 Å². The van der Waals surface area contributed by atoms with Gasteiger partial charge in [-0.05, 0) is 93.1 Å². The van der Waals surface area contributed by atoms with Gasteiger partial charge in [-0.1, -0.05) is 56.6 Å². The number of fused-ring (bicyclic) bond motifs is 2. The highest BCUT2D eigenvalue weighted by atomic mass is 35.5. The van der Waals surface area contributed by atoms with Crippen LogP contribution in [0.15, 0.2) is 66.9 Å². The number of pyridine rings is 1. The number of nitrogens with zero attached hydrogens (tertiary/aromatic N) is 8. The molecule has 0 radical (unpaired) electrons. The number of piperidine rings is 1. The quantitative estimate of drug-likeness (QED) is 0.135. The van der Waals surface area contributed by atoms with E-state index in [1.165, 1.54) is 6.42 Å². The van der Waals surface area contributed by atoms with Crippen LogP contribution in [0.3, 0.4) is 0 Å². The first-order chi connectivity index (χ1) is 27.9. The van der Waals surface area contributed by atoms with E-state index in [2.05, 4.69) is 92.9 Å². The highest BCUT2D eigenvalue weighted by molar-refractivity contribution is 6.31. The van der Waals surface area contributed by atoms with Crippen LogP contribution in [0.1, 0.15) is 94.3 Å². The second-order valence-corrected chi connectivity index (χ2v) is 17.0. The molecule has 8 rings (SSSR count). The lowest BCUT2D eigenvalue weighted by Crippen LogP contribution is -2.43. The van der Waals surface area contributed by atoms with Gasteiger partial charge in [0.25, 0.3) is 6.47 Å². The number of piperazine rings is 1. The average molecular weight is 811 g/mol. The second-order valence-electron chi connectivity index (χ2n) is 16.6. The van der Waals surface area contributed by atoms with Crippen LogP contribution in [0.2, 0.25) is 5.02 Å². The van der Waals surface area contributed by atoms with E-state index in [1.54, 1.807) is 0 Å². The first kappa shape index (κ1) is 41.0. The Morgan fingerprint density at radius 3 is 2.47 bits per heavy atom. The molecule has 2 saturated heterocycles. The fraction of sp³-hybridized carbons (Fsp3) is 0.465. The molecule has 5 aromatic rings. The number of aromatic nitrogens is 5. The summed E-state index contributed by atoms with van der Waals surface area (Å²) < 4.78 is 10.6. The molecule has 3 N–H and O–H groups in total. The van der Waals surface area contributed by atoms with Crippen molar-refractivity contribution in [2.24, 2.45) is 0 Å². The summed E-state index contributed by atoms with van der Waals surface area (Å²) in [5.74, 6) is 2.23. The number of hydrogen-bond acceptors (Lipinski definition) is 9. The standard InChI is InChI=1S/C42H53ClN10O2.CH2O2/c1-28-10-8-9-19-51(28)41-47-46-38-18-14-31(27-52(38)41)55-36-17-16-35(32-11-6-7-12-33(32)36)44-40(54)45-39-25-37(42(2,3)4)48-53(39)30-13-15-34(43)29(24-30)26-50-22-20-49(5)21-23-50;2-1-3/h6-7,11-15,18,24-25,27-28,35-36H,8-10,16-17,19-23,26H2,1-5H3,(H2,44,45,54);1H,(H,2,3)/t28?,35-,36+;/m0./s1. The van der Waals surface area contributed by atoms with Gasteiger partial charge in [-0.2, -0.15) is 5.10 Å². The molecule has 3 atom stereocenters. The van der Waals surface area contributed by atoms with Crippen molar-refractivity contribution in [2.75, 3.05) is 50.0 Å². The predicted octanol–water partition coefficient (Wildman–Crippen LogP) is 7.47. The van der Waals surface area contributed by atoms with Gasteiger partial charge in [0, 0.05) is 61.8 Å². The second kappa shape index (κ2) is 17.8. The number of likely N-dealkylation sites (N-methyl/N-ethyl adjacent to an activating group) is 1. The summed E-state index contributed by atoms with van der Waals surface area (Å²) in [6, 6.07) is 20.1. The molecule has 2 aliphatic heterocycles. The van der Waals surface area contributed by atoms with E-state index in [4.69, 9.17) is 31.3 Å². The zero-order valence-corrected chi connectivity index (χ0v) is 34.8. The van der Waals surface area contributed by atoms with Crippen LogP contribution >= 0.6 is 11.6 Å². The molecule has 0 bridgehead atoms. The number of ether oxygens (including phenoxy) is 1. The molecule has 2 fully saturated rings. The average Bonchev–Trinajstić information content (AvgIpc) is 3.83. The molecule has 3 aliphatic rings. The van der Waals surface area contributed by atoms with E-state index in [0.29, 0.717) is 11.9 Å². The van der Waals surface area contributed by atoms with Crippen LogP contribution in [0.5, 0.6) is 5.75 Å². The Bertz CT molecular complexity index is 2210. The van der Waals surface area contributed by atoms with Gasteiger partial charge < -0.3 is 25.0 Å². The molecule has 308 valence electrons. The molecule has 14 nitrogen and oxygen atoms in total. The Morgan fingerprint density at radius 2 is 1.72 bits per heavy atom. The molecule has 2 aromatic carbocycles. The molecule has 15 heteroatoms. The number of anilines is 2. The minimum absolute atomic E-state index is 0.163. The lowest BCUT2D eigenvalue weighted by Gasteiger charge is -2.33. The number of rotatable bonds is 8. The Kier molecular flexibility index (Phi) is 12.5. The molecule has 3 aromatic heterocycles. The summed E-state index contributed by atoms with van der Waals surface area (Å²) in [5.41, 5.74) is 5.47. The summed E-state index contributed by atoms with van der Waals surface area (Å²) in [6.07, 6.45) is 6.86. The van der Waals surface area contributed by atoms with E-state index in [9.17, 15) is 4.79 Å². The number of amides is 2. The molecule has 58 heavy (non-hydrogen) atoms. The van der Waals surface area contributed by atoms with Gasteiger partial charge in [0.1, 0.15) is 17.7 Å². The van der Waals surface area contributed by atoms with Crippen LogP contribution in [0.25, 0.3) is 11.3 Å². The van der Waals surface area contributed by atoms with E-state index in [1.807, 2.05) is 53.3 Å². The van der Waals surface area contributed by atoms with E-state index in [0.717, 1.165) is 115 Å². The van der Waals surface area contributed by atoms with Crippen molar-refractivity contribution in [1.29, 1.82) is 0 Å². The maximum absolute atomic E-state index is 13.9. The third kappa shape index (κ3) is 9.24. The number of carbonyl (C=O) groups excluding carboxylic acids is 1. The summed E-state index contributed by atoms with van der Waals surface area (Å²) >= 11 is 6.73. The number of halogens is 1. The van der Waals surface area contributed by atoms with Gasteiger partial charge in [0.05, 0.1) is 23.6 Å². The molecule has 0 spiro atoms. The van der Waals surface area contributed by atoms with Crippen LogP contribution in [0, 0.1) is 0 Å². The van der Waals surface area contributed by atoms with Crippen molar-refractivity contribution in [3.05, 3.63) is 94.3 Å². The zero-order valence-electron chi connectivity index (χ0n) is 34.1. The summed E-state index contributed by atoms with van der Waals surface area (Å²) in [6.45, 7) is 14.2. The van der Waals surface area contributed by atoms with E-state index >= 15 is 0 Å². The van der Waals surface area contributed by atoms with Gasteiger partial charge in [0.2, 0.25) is 5.95 Å². The fourth-order valence-corrected chi connectivity index (χ4v) is 8.29. The lowest BCUT2D eigenvalue weighted by atomic mass is 9.85. The number of nitrogens with one attached hydrogen (secondary N) is 2. The van der Waals surface area contributed by atoms with Gasteiger partial charge in [-0.25, -0.2) is 9.48 Å². The highest BCUT2D eigenvalue weighted by Gasteiger charge is 2.31. The summed E-state index contributed by atoms with van der Waals surface area (Å²) in [5, 5.41) is 28.0. The third-order valence-corrected chi connectivity index (χ3v) is 11.8. The van der Waals surface area contributed by atoms with Gasteiger partial charge in [0.15, 0.2) is 5.65 Å². The molecule has 2 amide bonds. The molecule has 5 heterocycles. The number of carbonyl (C=O) groups is 2. The normalized spacial score (nSPS) is 20.2. The first-order valence-corrected chi connectivity index (χ1v) is 20.6. The molecule has 1 unspecified atom stereocenters. The summed E-state index contributed by atoms with van der Waals surface area (Å²) in [7, 11) is 2.16. The highest BCUT2D eigenvalue weighted by Crippen LogP contribution is 2.39. The molecular weight excluding hydrogens is 756 g/mol. The van der Waals surface area contributed by atoms with Crippen LogP contribution in [0.4, 0.5) is 16.6 Å². The third-order valence-electron chi connectivity index (χ3n) is 11.4. The molecule has 1 aliphatic carbocycles. The maximum Gasteiger partial charge on any atom is 0.320 e. The van der Waals surface area contributed by atoms with Crippen LogP contribution in [-0.4, -0.2) is 97.6 Å². The Hall–Kier alpha value is -5.18. The maximum atomic E-state index is 13.9. The minimum atomic E-state index is -0.287. The number of hydrogen-bond donors (Lipinski definition) is 3. The monoisotopic (exact) mass is 810 g/mol. The fourth-order valence-electron chi connectivity index (χ4n) is 8.11. The van der Waals surface area contributed by atoms with Crippen LogP contribution in [-0.2, 0) is 16.8 Å². The van der Waals surface area contributed by atoms with Crippen molar-refractivity contribution in [2.45, 2.75) is 89.9 Å². The van der Waals surface area contributed by atoms with Crippen molar-refractivity contribution in [3.63, 3.8) is 0 Å². The Labute approximate surface area is 345 Å². The number of carboxylic acid groups (broad SMARTS) is 1. The van der Waals surface area contributed by atoms with E-state index < -0.39 is 0 Å². The largest absolute Gasteiger partial charge is 0.484 e. The number of benzene rings is 2. The first-order valence-electron chi connectivity index (χ1n) is 20.2. The topological polar surface area (TPSA) is 145 Å². The number of urea groups is 1. The van der Waals surface area contributed by atoms with Crippen molar-refractivity contribution in [3.8, 4) is 11.4 Å². The van der Waals surface area contributed by atoms with Crippen molar-refractivity contribution >= 4 is 41.5 Å². The molecular formula is C43H55ClN10O4. The minimum Gasteiger partial charge on any atom is -0.484 e. The SMILES string of the molecule is CC1CCCCN1c1nnc2ccc(O[C@@H]3CC[C@H](NC(=O)Nc4cc(C(C)(C)C)nn4-c4ccc(Cl)c(CN5CCN(C)CC5)c4)c4ccccc43)cn12.O=CO. The van der Waals surface area contributed by atoms with Crippen molar-refractivity contribution < 1.29 is 19.4 Å². The lowest BCUT2D eigenvalue weighted by molar-refractivity contribution is -0.122. The van der Waals surface area contributed by atoms with Gasteiger partial charge in [-0.15, -0.1) is 10.2 Å².